The number of anilines is 1. The molecule has 5 heteroatoms. The van der Waals surface area contributed by atoms with Crippen molar-refractivity contribution in [1.82, 2.24) is 0 Å². The number of fused-ring (bicyclic) bond motifs is 1. The predicted octanol–water partition coefficient (Wildman–Crippen LogP) is 4.06. The van der Waals surface area contributed by atoms with Crippen LogP contribution in [-0.2, 0) is 0 Å². The monoisotopic (exact) mass is 337 g/mol. The largest absolute Gasteiger partial charge is 0.494 e. The molecule has 0 saturated carbocycles. The Morgan fingerprint density at radius 3 is 2.64 bits per heavy atom. The number of carbonyl (C=O) groups excluding carboxylic acids is 1. The third-order valence-corrected chi connectivity index (χ3v) is 3.89. The zero-order valence-corrected chi connectivity index (χ0v) is 14.4. The molecule has 3 aromatic rings. The first-order chi connectivity index (χ1) is 12.0. The van der Waals surface area contributed by atoms with E-state index in [-0.39, 0.29) is 5.56 Å². The van der Waals surface area contributed by atoms with E-state index in [1.54, 1.807) is 18.2 Å². The van der Waals surface area contributed by atoms with Crippen molar-refractivity contribution in [1.29, 1.82) is 0 Å². The maximum absolute atomic E-state index is 12.5. The number of ether oxygens (including phenoxy) is 1. The zero-order valence-electron chi connectivity index (χ0n) is 14.4. The maximum atomic E-state index is 12.5. The van der Waals surface area contributed by atoms with Gasteiger partial charge in [0.05, 0.1) is 6.61 Å². The SMILES string of the molecule is CCOc1ccc2cc(C(=O)Nc3ccc(C)cc3C)c(=O)oc2c1. The molecule has 1 aromatic heterocycles. The van der Waals surface area contributed by atoms with Crippen molar-refractivity contribution in [3.05, 3.63) is 69.6 Å². The summed E-state index contributed by atoms with van der Waals surface area (Å²) in [4.78, 5) is 24.7. The predicted molar refractivity (Wildman–Crippen MR) is 97.5 cm³/mol. The average Bonchev–Trinajstić information content (AvgIpc) is 2.57. The molecule has 0 fully saturated rings. The standard InChI is InChI=1S/C20H19NO4/c1-4-24-15-7-6-14-10-16(20(23)25-18(14)11-15)19(22)21-17-8-5-12(2)9-13(17)3/h5-11H,4H2,1-3H3,(H,21,22). The van der Waals surface area contributed by atoms with Crippen LogP contribution in [0.2, 0.25) is 0 Å². The number of nitrogens with one attached hydrogen (secondary N) is 1. The fourth-order valence-corrected chi connectivity index (χ4v) is 2.65. The molecule has 0 radical (unpaired) electrons. The van der Waals surface area contributed by atoms with E-state index in [1.165, 1.54) is 6.07 Å². The Morgan fingerprint density at radius 2 is 1.92 bits per heavy atom. The molecule has 0 saturated heterocycles. The highest BCUT2D eigenvalue weighted by molar-refractivity contribution is 6.05. The van der Waals surface area contributed by atoms with Crippen LogP contribution in [0, 0.1) is 13.8 Å². The van der Waals surface area contributed by atoms with Crippen molar-refractivity contribution in [3.8, 4) is 5.75 Å². The zero-order chi connectivity index (χ0) is 18.0. The van der Waals surface area contributed by atoms with Gasteiger partial charge in [0.15, 0.2) is 0 Å². The van der Waals surface area contributed by atoms with Gasteiger partial charge in [-0.1, -0.05) is 17.7 Å². The molecular formula is C20H19NO4. The van der Waals surface area contributed by atoms with E-state index in [0.717, 1.165) is 11.1 Å². The molecule has 25 heavy (non-hydrogen) atoms. The third-order valence-electron chi connectivity index (χ3n) is 3.89. The van der Waals surface area contributed by atoms with E-state index in [2.05, 4.69) is 5.32 Å². The number of hydrogen-bond donors (Lipinski definition) is 1. The van der Waals surface area contributed by atoms with Gasteiger partial charge in [-0.3, -0.25) is 4.79 Å². The van der Waals surface area contributed by atoms with Gasteiger partial charge in [0, 0.05) is 17.1 Å². The summed E-state index contributed by atoms with van der Waals surface area (Å²) in [5, 5.41) is 3.43. The van der Waals surface area contributed by atoms with Crippen LogP contribution in [0.25, 0.3) is 11.0 Å². The summed E-state index contributed by atoms with van der Waals surface area (Å²) in [5.41, 5.74) is 2.38. The molecular weight excluding hydrogens is 318 g/mol. The Labute approximate surface area is 145 Å². The lowest BCUT2D eigenvalue weighted by Crippen LogP contribution is -2.21. The number of rotatable bonds is 4. The molecule has 0 unspecified atom stereocenters. The number of benzene rings is 2. The highest BCUT2D eigenvalue weighted by atomic mass is 16.5. The molecule has 0 aliphatic heterocycles. The molecule has 3 rings (SSSR count). The Balaban J connectivity index is 1.94. The second-order valence-electron chi connectivity index (χ2n) is 5.85. The van der Waals surface area contributed by atoms with E-state index >= 15 is 0 Å². The van der Waals surface area contributed by atoms with E-state index in [4.69, 9.17) is 9.15 Å². The highest BCUT2D eigenvalue weighted by Gasteiger charge is 2.15. The smallest absolute Gasteiger partial charge is 0.349 e. The average molecular weight is 337 g/mol. The van der Waals surface area contributed by atoms with Crippen LogP contribution in [0.3, 0.4) is 0 Å². The van der Waals surface area contributed by atoms with Gasteiger partial charge in [-0.15, -0.1) is 0 Å². The van der Waals surface area contributed by atoms with Crippen molar-refractivity contribution < 1.29 is 13.9 Å². The summed E-state index contributed by atoms with van der Waals surface area (Å²) < 4.78 is 10.7. The Bertz CT molecular complexity index is 1000. The van der Waals surface area contributed by atoms with Crippen LogP contribution >= 0.6 is 0 Å². The van der Waals surface area contributed by atoms with Crippen molar-refractivity contribution in [3.63, 3.8) is 0 Å². The molecule has 5 nitrogen and oxygen atoms in total. The minimum Gasteiger partial charge on any atom is -0.494 e. The third kappa shape index (κ3) is 3.55. The van der Waals surface area contributed by atoms with Gasteiger partial charge in [0.2, 0.25) is 0 Å². The van der Waals surface area contributed by atoms with E-state index in [0.29, 0.717) is 29.0 Å². The number of hydrogen-bond acceptors (Lipinski definition) is 4. The van der Waals surface area contributed by atoms with Crippen LogP contribution in [0.15, 0.2) is 51.7 Å². The van der Waals surface area contributed by atoms with Gasteiger partial charge < -0.3 is 14.5 Å². The first-order valence-corrected chi connectivity index (χ1v) is 8.07. The molecule has 0 spiro atoms. The molecule has 0 atom stereocenters. The first-order valence-electron chi connectivity index (χ1n) is 8.07. The summed E-state index contributed by atoms with van der Waals surface area (Å²) in [7, 11) is 0. The fraction of sp³-hybridized carbons (Fsp3) is 0.200. The molecule has 1 amide bonds. The number of carbonyl (C=O) groups is 1. The molecule has 128 valence electrons. The normalized spacial score (nSPS) is 10.7. The second kappa shape index (κ2) is 6.81. The van der Waals surface area contributed by atoms with Crippen molar-refractivity contribution >= 4 is 22.6 Å². The lowest BCUT2D eigenvalue weighted by molar-refractivity contribution is 0.102. The van der Waals surface area contributed by atoms with Crippen LogP contribution in [-0.4, -0.2) is 12.5 Å². The fourth-order valence-electron chi connectivity index (χ4n) is 2.65. The summed E-state index contributed by atoms with van der Waals surface area (Å²) in [5.74, 6) is 0.127. The maximum Gasteiger partial charge on any atom is 0.349 e. The minimum atomic E-state index is -0.677. The van der Waals surface area contributed by atoms with Crippen molar-refractivity contribution in [2.24, 2.45) is 0 Å². The van der Waals surface area contributed by atoms with Crippen molar-refractivity contribution in [2.75, 3.05) is 11.9 Å². The van der Waals surface area contributed by atoms with E-state index in [9.17, 15) is 9.59 Å². The highest BCUT2D eigenvalue weighted by Crippen LogP contribution is 2.21. The molecule has 0 bridgehead atoms. The van der Waals surface area contributed by atoms with E-state index < -0.39 is 11.5 Å². The molecule has 1 N–H and O–H groups in total. The minimum absolute atomic E-state index is 0.0309. The molecule has 2 aromatic carbocycles. The molecule has 0 aliphatic rings. The lowest BCUT2D eigenvalue weighted by atomic mass is 10.1. The Morgan fingerprint density at radius 1 is 1.12 bits per heavy atom. The van der Waals surface area contributed by atoms with Gasteiger partial charge in [-0.2, -0.15) is 0 Å². The van der Waals surface area contributed by atoms with E-state index in [1.807, 2.05) is 39.0 Å². The number of aryl methyl sites for hydroxylation is 2. The van der Waals surface area contributed by atoms with Crippen molar-refractivity contribution in [2.45, 2.75) is 20.8 Å². The summed E-state index contributed by atoms with van der Waals surface area (Å²) in [6.45, 7) is 6.28. The second-order valence-corrected chi connectivity index (χ2v) is 5.85. The van der Waals surface area contributed by atoms with Gasteiger partial charge in [0.25, 0.3) is 5.91 Å². The number of amides is 1. The Kier molecular flexibility index (Phi) is 4.57. The quantitative estimate of drug-likeness (QED) is 0.729. The van der Waals surface area contributed by atoms with Gasteiger partial charge in [-0.25, -0.2) is 4.79 Å². The van der Waals surface area contributed by atoms with Crippen LogP contribution in [0.4, 0.5) is 5.69 Å². The van der Waals surface area contributed by atoms with Gasteiger partial charge in [0.1, 0.15) is 16.9 Å². The summed E-state index contributed by atoms with van der Waals surface area (Å²) in [6, 6.07) is 12.4. The first kappa shape index (κ1) is 16.8. The molecule has 1 heterocycles. The summed E-state index contributed by atoms with van der Waals surface area (Å²) >= 11 is 0. The van der Waals surface area contributed by atoms with Crippen LogP contribution in [0.5, 0.6) is 5.75 Å². The lowest BCUT2D eigenvalue weighted by Gasteiger charge is -2.09. The summed E-state index contributed by atoms with van der Waals surface area (Å²) in [6.07, 6.45) is 0. The topological polar surface area (TPSA) is 68.5 Å². The Hall–Kier alpha value is -3.08. The van der Waals surface area contributed by atoms with Crippen LogP contribution < -0.4 is 15.7 Å². The van der Waals surface area contributed by atoms with Crippen LogP contribution in [0.1, 0.15) is 28.4 Å². The van der Waals surface area contributed by atoms with Gasteiger partial charge in [-0.05, 0) is 50.6 Å². The van der Waals surface area contributed by atoms with Gasteiger partial charge >= 0.3 is 5.63 Å². The molecule has 0 aliphatic carbocycles.